The topological polar surface area (TPSA) is 25.8 Å². The van der Waals surface area contributed by atoms with E-state index < -0.39 is 0 Å². The quantitative estimate of drug-likeness (QED) is 0.688. The molecular weight excluding hydrogens is 172 g/mol. The molecule has 14 heavy (non-hydrogen) atoms. The molecule has 0 spiro atoms. The summed E-state index contributed by atoms with van der Waals surface area (Å²) in [6.45, 7) is 7.43. The molecule has 2 heteroatoms. The zero-order valence-corrected chi connectivity index (χ0v) is 8.03. The van der Waals surface area contributed by atoms with Gasteiger partial charge in [-0.15, -0.1) is 0 Å². The van der Waals surface area contributed by atoms with Crippen LogP contribution in [0.4, 0.5) is 0 Å². The smallest absolute Gasteiger partial charge is 0.0888 e. The Balaban J connectivity index is 2.80. The molecule has 0 aliphatic heterocycles. The van der Waals surface area contributed by atoms with Gasteiger partial charge in [-0.3, -0.25) is 0 Å². The van der Waals surface area contributed by atoms with Gasteiger partial charge in [0.25, 0.3) is 0 Å². The van der Waals surface area contributed by atoms with E-state index in [1.165, 1.54) is 0 Å². The van der Waals surface area contributed by atoms with Crippen LogP contribution in [0.25, 0.3) is 24.3 Å². The van der Waals surface area contributed by atoms with E-state index in [1.54, 1.807) is 12.2 Å². The SMILES string of the molecule is C=Cc1nc2c(nc1C=C)=CCCC=2. The van der Waals surface area contributed by atoms with Gasteiger partial charge in [0.15, 0.2) is 0 Å². The van der Waals surface area contributed by atoms with Crippen molar-refractivity contribution in [2.75, 3.05) is 0 Å². The first kappa shape index (κ1) is 8.88. The first-order valence-electron chi connectivity index (χ1n) is 4.68. The van der Waals surface area contributed by atoms with E-state index >= 15 is 0 Å². The van der Waals surface area contributed by atoms with Gasteiger partial charge in [-0.05, 0) is 25.0 Å². The van der Waals surface area contributed by atoms with Crippen LogP contribution in [-0.4, -0.2) is 9.97 Å². The second-order valence-corrected chi connectivity index (χ2v) is 3.16. The molecule has 0 radical (unpaired) electrons. The molecule has 2 nitrogen and oxygen atoms in total. The van der Waals surface area contributed by atoms with Crippen molar-refractivity contribution in [1.29, 1.82) is 0 Å². The average molecular weight is 184 g/mol. The number of aromatic nitrogens is 2. The van der Waals surface area contributed by atoms with Gasteiger partial charge in [0.1, 0.15) is 0 Å². The van der Waals surface area contributed by atoms with Gasteiger partial charge >= 0.3 is 0 Å². The molecule has 0 amide bonds. The summed E-state index contributed by atoms with van der Waals surface area (Å²) in [5, 5.41) is 1.94. The van der Waals surface area contributed by atoms with Crippen LogP contribution in [0.3, 0.4) is 0 Å². The zero-order chi connectivity index (χ0) is 9.97. The molecule has 1 heterocycles. The summed E-state index contributed by atoms with van der Waals surface area (Å²) >= 11 is 0. The maximum absolute atomic E-state index is 4.46. The van der Waals surface area contributed by atoms with Crippen LogP contribution in [0.15, 0.2) is 13.2 Å². The highest BCUT2D eigenvalue weighted by atomic mass is 14.8. The van der Waals surface area contributed by atoms with E-state index in [9.17, 15) is 0 Å². The highest BCUT2D eigenvalue weighted by Gasteiger charge is 2.01. The van der Waals surface area contributed by atoms with Gasteiger partial charge in [-0.1, -0.05) is 25.3 Å². The summed E-state index contributed by atoms with van der Waals surface area (Å²) < 4.78 is 0. The average Bonchev–Trinajstić information content (AvgIpc) is 2.27. The molecule has 0 N–H and O–H groups in total. The predicted octanol–water partition coefficient (Wildman–Crippen LogP) is 1.12. The minimum absolute atomic E-state index is 0.810. The fraction of sp³-hybridized carbons (Fsp3) is 0.167. The lowest BCUT2D eigenvalue weighted by Gasteiger charge is -2.03. The Morgan fingerprint density at radius 2 is 1.36 bits per heavy atom. The maximum Gasteiger partial charge on any atom is 0.0888 e. The van der Waals surface area contributed by atoms with E-state index in [2.05, 4.69) is 35.3 Å². The number of hydrogen-bond acceptors (Lipinski definition) is 2. The first-order valence-corrected chi connectivity index (χ1v) is 4.68. The van der Waals surface area contributed by atoms with Crippen molar-refractivity contribution < 1.29 is 0 Å². The van der Waals surface area contributed by atoms with E-state index in [-0.39, 0.29) is 0 Å². The Kier molecular flexibility index (Phi) is 2.27. The van der Waals surface area contributed by atoms with Crippen LogP contribution < -0.4 is 10.7 Å². The van der Waals surface area contributed by atoms with Crippen molar-refractivity contribution in [3.63, 3.8) is 0 Å². The molecule has 1 aromatic rings. The number of fused-ring (bicyclic) bond motifs is 1. The Labute approximate surface area is 83.0 Å². The van der Waals surface area contributed by atoms with Crippen LogP contribution in [0.2, 0.25) is 0 Å². The monoisotopic (exact) mass is 184 g/mol. The Hall–Kier alpha value is -1.70. The van der Waals surface area contributed by atoms with Gasteiger partial charge in [-0.2, -0.15) is 0 Å². The van der Waals surface area contributed by atoms with Gasteiger partial charge < -0.3 is 0 Å². The van der Waals surface area contributed by atoms with Gasteiger partial charge in [0.05, 0.1) is 22.1 Å². The molecule has 0 unspecified atom stereocenters. The molecule has 1 aliphatic rings. The summed E-state index contributed by atoms with van der Waals surface area (Å²) in [7, 11) is 0. The van der Waals surface area contributed by atoms with Crippen LogP contribution in [0, 0.1) is 0 Å². The van der Waals surface area contributed by atoms with Crippen LogP contribution in [-0.2, 0) is 0 Å². The lowest BCUT2D eigenvalue weighted by molar-refractivity contribution is 1.00. The Morgan fingerprint density at radius 3 is 1.71 bits per heavy atom. The lowest BCUT2D eigenvalue weighted by atomic mass is 10.2. The standard InChI is InChI=1S/C12H12N2/c1-3-9-10(4-2)14-12-8-6-5-7-11(12)13-9/h3-4,7-8H,1-2,5-6H2. The van der Waals surface area contributed by atoms with Crippen LogP contribution in [0.5, 0.6) is 0 Å². The molecule has 0 bridgehead atoms. The molecule has 0 aromatic carbocycles. The molecule has 0 saturated carbocycles. The van der Waals surface area contributed by atoms with E-state index in [4.69, 9.17) is 0 Å². The highest BCUT2D eigenvalue weighted by Crippen LogP contribution is 2.02. The molecule has 0 saturated heterocycles. The van der Waals surface area contributed by atoms with Gasteiger partial charge in [0.2, 0.25) is 0 Å². The fourth-order valence-electron chi connectivity index (χ4n) is 1.53. The Bertz CT molecular complexity index is 451. The predicted molar refractivity (Wildman–Crippen MR) is 59.6 cm³/mol. The molecule has 0 fully saturated rings. The van der Waals surface area contributed by atoms with Crippen molar-refractivity contribution in [3.05, 3.63) is 35.2 Å². The molecule has 2 rings (SSSR count). The third kappa shape index (κ3) is 1.39. The van der Waals surface area contributed by atoms with E-state index in [1.807, 2.05) is 0 Å². The minimum Gasteiger partial charge on any atom is -0.245 e. The molecule has 0 atom stereocenters. The second-order valence-electron chi connectivity index (χ2n) is 3.16. The lowest BCUT2D eigenvalue weighted by Crippen LogP contribution is -2.34. The largest absolute Gasteiger partial charge is 0.245 e. The summed E-state index contributed by atoms with van der Waals surface area (Å²) in [6.07, 6.45) is 9.75. The zero-order valence-electron chi connectivity index (χ0n) is 8.03. The molecule has 70 valence electrons. The molecule has 1 aromatic heterocycles. The Morgan fingerprint density at radius 1 is 0.929 bits per heavy atom. The molecular formula is C12H12N2. The van der Waals surface area contributed by atoms with Crippen molar-refractivity contribution in [2.24, 2.45) is 0 Å². The van der Waals surface area contributed by atoms with Gasteiger partial charge in [-0.25, -0.2) is 9.97 Å². The number of nitrogens with zero attached hydrogens (tertiary/aromatic N) is 2. The van der Waals surface area contributed by atoms with Crippen molar-refractivity contribution in [3.8, 4) is 0 Å². The summed E-state index contributed by atoms with van der Waals surface area (Å²) in [5.41, 5.74) is 1.62. The number of rotatable bonds is 2. The minimum atomic E-state index is 0.810. The van der Waals surface area contributed by atoms with Crippen molar-refractivity contribution in [1.82, 2.24) is 9.97 Å². The summed E-state index contributed by atoms with van der Waals surface area (Å²) in [4.78, 5) is 8.93. The maximum atomic E-state index is 4.46. The van der Waals surface area contributed by atoms with Crippen LogP contribution in [0.1, 0.15) is 24.2 Å². The highest BCUT2D eigenvalue weighted by molar-refractivity contribution is 5.57. The van der Waals surface area contributed by atoms with E-state index in [0.29, 0.717) is 0 Å². The first-order chi connectivity index (χ1) is 6.85. The third-order valence-corrected chi connectivity index (χ3v) is 2.24. The number of hydrogen-bond donors (Lipinski definition) is 0. The normalized spacial score (nSPS) is 13.4. The van der Waals surface area contributed by atoms with Crippen molar-refractivity contribution in [2.45, 2.75) is 12.8 Å². The second kappa shape index (κ2) is 3.58. The van der Waals surface area contributed by atoms with Crippen molar-refractivity contribution >= 4 is 24.3 Å². The van der Waals surface area contributed by atoms with Gasteiger partial charge in [0, 0.05) is 0 Å². The summed E-state index contributed by atoms with van der Waals surface area (Å²) in [6, 6.07) is 0. The van der Waals surface area contributed by atoms with Crippen LogP contribution >= 0.6 is 0 Å². The third-order valence-electron chi connectivity index (χ3n) is 2.24. The fourth-order valence-corrected chi connectivity index (χ4v) is 1.53. The van der Waals surface area contributed by atoms with E-state index in [0.717, 1.165) is 34.9 Å². The summed E-state index contributed by atoms with van der Waals surface area (Å²) in [5.74, 6) is 0. The molecule has 1 aliphatic carbocycles.